The maximum absolute atomic E-state index is 12.9. The molecule has 0 aliphatic carbocycles. The molecule has 7 heteroatoms. The van der Waals surface area contributed by atoms with E-state index >= 15 is 0 Å². The highest BCUT2D eigenvalue weighted by Crippen LogP contribution is 2.21. The Morgan fingerprint density at radius 1 is 1.17 bits per heavy atom. The van der Waals surface area contributed by atoms with Crippen LogP contribution in [0.5, 0.6) is 5.75 Å². The van der Waals surface area contributed by atoms with Crippen LogP contribution in [0.1, 0.15) is 16.1 Å². The van der Waals surface area contributed by atoms with Crippen molar-refractivity contribution in [3.63, 3.8) is 0 Å². The van der Waals surface area contributed by atoms with Crippen molar-refractivity contribution in [2.75, 3.05) is 0 Å². The first kappa shape index (κ1) is 14.7. The molecule has 0 saturated heterocycles. The lowest BCUT2D eigenvalue weighted by atomic mass is 10.1. The highest BCUT2D eigenvalue weighted by atomic mass is 19.1. The molecule has 0 radical (unpaired) electrons. The van der Waals surface area contributed by atoms with Gasteiger partial charge in [0.1, 0.15) is 23.9 Å². The molecule has 2 aromatic carbocycles. The zero-order chi connectivity index (χ0) is 16.2. The molecule has 0 unspecified atom stereocenters. The monoisotopic (exact) mass is 312 g/mol. The molecule has 0 fully saturated rings. The number of H-pyrrole nitrogens is 1. The lowest BCUT2D eigenvalue weighted by Crippen LogP contribution is -2.12. The first-order valence-electron chi connectivity index (χ1n) is 6.82. The van der Waals surface area contributed by atoms with Crippen molar-refractivity contribution < 1.29 is 13.9 Å². The van der Waals surface area contributed by atoms with Crippen LogP contribution in [0.15, 0.2) is 48.5 Å². The standard InChI is InChI=1S/C16H13FN4O2/c17-12-4-6-13(7-5-12)23-9-10-2-1-3-11(8-10)14-15(16(18)22)20-21-19-14/h1-8H,9H2,(H2,18,22)(H,19,20,21). The molecule has 1 amide bonds. The van der Waals surface area contributed by atoms with Crippen molar-refractivity contribution in [3.8, 4) is 17.0 Å². The van der Waals surface area contributed by atoms with Crippen LogP contribution in [0.25, 0.3) is 11.3 Å². The zero-order valence-electron chi connectivity index (χ0n) is 12.0. The van der Waals surface area contributed by atoms with E-state index in [1.54, 1.807) is 18.2 Å². The van der Waals surface area contributed by atoms with Gasteiger partial charge in [0.25, 0.3) is 5.91 Å². The van der Waals surface area contributed by atoms with Crippen molar-refractivity contribution in [3.05, 3.63) is 65.6 Å². The smallest absolute Gasteiger partial charge is 0.271 e. The van der Waals surface area contributed by atoms with Gasteiger partial charge in [-0.15, -0.1) is 0 Å². The van der Waals surface area contributed by atoms with Gasteiger partial charge in [0.05, 0.1) is 0 Å². The first-order valence-corrected chi connectivity index (χ1v) is 6.82. The summed E-state index contributed by atoms with van der Waals surface area (Å²) < 4.78 is 18.4. The number of hydrogen-bond acceptors (Lipinski definition) is 4. The van der Waals surface area contributed by atoms with E-state index in [0.29, 0.717) is 23.6 Å². The molecule has 23 heavy (non-hydrogen) atoms. The second-order valence-electron chi connectivity index (χ2n) is 4.83. The Morgan fingerprint density at radius 3 is 2.70 bits per heavy atom. The summed E-state index contributed by atoms with van der Waals surface area (Å²) >= 11 is 0. The highest BCUT2D eigenvalue weighted by Gasteiger charge is 2.15. The van der Waals surface area contributed by atoms with Gasteiger partial charge in [0.2, 0.25) is 0 Å². The Morgan fingerprint density at radius 2 is 1.96 bits per heavy atom. The van der Waals surface area contributed by atoms with E-state index in [2.05, 4.69) is 15.4 Å². The number of hydrogen-bond donors (Lipinski definition) is 2. The summed E-state index contributed by atoms with van der Waals surface area (Å²) in [5.74, 6) is -0.401. The van der Waals surface area contributed by atoms with Crippen LogP contribution in [0, 0.1) is 5.82 Å². The quantitative estimate of drug-likeness (QED) is 0.756. The van der Waals surface area contributed by atoms with Crippen LogP contribution in [0.4, 0.5) is 4.39 Å². The maximum Gasteiger partial charge on any atom is 0.271 e. The number of primary amides is 1. The van der Waals surface area contributed by atoms with Gasteiger partial charge in [-0.2, -0.15) is 15.4 Å². The number of aromatic nitrogens is 3. The van der Waals surface area contributed by atoms with Crippen LogP contribution in [0.3, 0.4) is 0 Å². The Labute approximate surface area is 131 Å². The molecule has 0 saturated carbocycles. The van der Waals surface area contributed by atoms with E-state index in [4.69, 9.17) is 10.5 Å². The third kappa shape index (κ3) is 3.34. The van der Waals surface area contributed by atoms with Gasteiger partial charge in [-0.05, 0) is 35.9 Å². The number of carbonyl (C=O) groups is 1. The van der Waals surface area contributed by atoms with Gasteiger partial charge in [0.15, 0.2) is 5.69 Å². The summed E-state index contributed by atoms with van der Waals surface area (Å²) in [6.45, 7) is 0.295. The van der Waals surface area contributed by atoms with Gasteiger partial charge in [-0.3, -0.25) is 4.79 Å². The molecule has 116 valence electrons. The van der Waals surface area contributed by atoms with Gasteiger partial charge in [-0.25, -0.2) is 4.39 Å². The minimum absolute atomic E-state index is 0.0848. The summed E-state index contributed by atoms with van der Waals surface area (Å²) in [6, 6.07) is 13.1. The molecule has 0 spiro atoms. The zero-order valence-corrected chi connectivity index (χ0v) is 12.0. The number of halogens is 1. The lowest BCUT2D eigenvalue weighted by molar-refractivity contribution is 0.0996. The van der Waals surface area contributed by atoms with E-state index in [-0.39, 0.29) is 11.5 Å². The number of carbonyl (C=O) groups excluding carboxylic acids is 1. The van der Waals surface area contributed by atoms with Crippen molar-refractivity contribution in [2.24, 2.45) is 5.73 Å². The molecule has 3 rings (SSSR count). The van der Waals surface area contributed by atoms with E-state index < -0.39 is 5.91 Å². The van der Waals surface area contributed by atoms with Gasteiger partial charge >= 0.3 is 0 Å². The fourth-order valence-corrected chi connectivity index (χ4v) is 2.11. The van der Waals surface area contributed by atoms with Gasteiger partial charge in [-0.1, -0.05) is 18.2 Å². The molecule has 0 bridgehead atoms. The summed E-state index contributed by atoms with van der Waals surface area (Å²) in [6.07, 6.45) is 0. The van der Waals surface area contributed by atoms with E-state index in [9.17, 15) is 9.18 Å². The minimum Gasteiger partial charge on any atom is -0.489 e. The van der Waals surface area contributed by atoms with Crippen LogP contribution in [-0.2, 0) is 6.61 Å². The molecule has 0 atom stereocenters. The van der Waals surface area contributed by atoms with Crippen LogP contribution in [-0.4, -0.2) is 21.3 Å². The molecule has 6 nitrogen and oxygen atoms in total. The summed E-state index contributed by atoms with van der Waals surface area (Å²) in [4.78, 5) is 11.3. The number of nitrogens with zero attached hydrogens (tertiary/aromatic N) is 2. The Kier molecular flexibility index (Phi) is 4.01. The van der Waals surface area contributed by atoms with Crippen molar-refractivity contribution >= 4 is 5.91 Å². The highest BCUT2D eigenvalue weighted by molar-refractivity contribution is 5.96. The van der Waals surface area contributed by atoms with E-state index in [1.165, 1.54) is 12.1 Å². The number of rotatable bonds is 5. The molecule has 0 aliphatic heterocycles. The molecule has 1 heterocycles. The SMILES string of the molecule is NC(=O)c1n[nH]nc1-c1cccc(COc2ccc(F)cc2)c1. The number of amides is 1. The first-order chi connectivity index (χ1) is 11.1. The average Bonchev–Trinajstić information content (AvgIpc) is 3.05. The van der Waals surface area contributed by atoms with Gasteiger partial charge < -0.3 is 10.5 Å². The number of nitrogens with two attached hydrogens (primary N) is 1. The lowest BCUT2D eigenvalue weighted by Gasteiger charge is -2.07. The van der Waals surface area contributed by atoms with Crippen molar-refractivity contribution in [1.82, 2.24) is 15.4 Å². The average molecular weight is 312 g/mol. The third-order valence-corrected chi connectivity index (χ3v) is 3.20. The van der Waals surface area contributed by atoms with Gasteiger partial charge in [0, 0.05) is 5.56 Å². The van der Waals surface area contributed by atoms with E-state index in [1.807, 2.05) is 18.2 Å². The molecule has 1 aromatic heterocycles. The third-order valence-electron chi connectivity index (χ3n) is 3.20. The fraction of sp³-hybridized carbons (Fsp3) is 0.0625. The normalized spacial score (nSPS) is 10.5. The summed E-state index contributed by atoms with van der Waals surface area (Å²) in [5, 5.41) is 10.1. The Balaban J connectivity index is 1.78. The van der Waals surface area contributed by atoms with Crippen LogP contribution in [0.2, 0.25) is 0 Å². The number of aromatic amines is 1. The number of benzene rings is 2. The molecule has 0 aliphatic rings. The summed E-state index contributed by atoms with van der Waals surface area (Å²) in [7, 11) is 0. The fourth-order valence-electron chi connectivity index (χ4n) is 2.11. The Bertz CT molecular complexity index is 830. The minimum atomic E-state index is -0.651. The van der Waals surface area contributed by atoms with Crippen LogP contribution < -0.4 is 10.5 Å². The van der Waals surface area contributed by atoms with E-state index in [0.717, 1.165) is 5.56 Å². The largest absolute Gasteiger partial charge is 0.489 e. The predicted molar refractivity (Wildman–Crippen MR) is 81.1 cm³/mol. The maximum atomic E-state index is 12.9. The predicted octanol–water partition coefficient (Wildman–Crippen LogP) is 2.29. The van der Waals surface area contributed by atoms with Crippen molar-refractivity contribution in [2.45, 2.75) is 6.61 Å². The topological polar surface area (TPSA) is 93.9 Å². The Hall–Kier alpha value is -3.22. The summed E-state index contributed by atoms with van der Waals surface area (Å²) in [5.41, 5.74) is 7.31. The number of ether oxygens (including phenoxy) is 1. The number of nitrogens with one attached hydrogen (secondary N) is 1. The molecular formula is C16H13FN4O2. The molecular weight excluding hydrogens is 299 g/mol. The molecule has 3 N–H and O–H groups in total. The van der Waals surface area contributed by atoms with Crippen LogP contribution >= 0.6 is 0 Å². The second kappa shape index (κ2) is 6.27. The second-order valence-corrected chi connectivity index (χ2v) is 4.83. The van der Waals surface area contributed by atoms with Crippen molar-refractivity contribution in [1.29, 1.82) is 0 Å². The molecule has 3 aromatic rings.